The van der Waals surface area contributed by atoms with Crippen LogP contribution in [-0.4, -0.2) is 35.3 Å². The van der Waals surface area contributed by atoms with Crippen LogP contribution >= 0.6 is 11.6 Å². The number of hydrogen-bond donors (Lipinski definition) is 0. The molecule has 0 amide bonds. The minimum absolute atomic E-state index is 0.521. The van der Waals surface area contributed by atoms with E-state index in [0.29, 0.717) is 17.2 Å². The highest BCUT2D eigenvalue weighted by Crippen LogP contribution is 2.35. The fourth-order valence-corrected chi connectivity index (χ4v) is 2.59. The molecule has 0 N–H and O–H groups in total. The fourth-order valence-electron chi connectivity index (χ4n) is 2.45. The molecular weight excluding hydrogens is 238 g/mol. The maximum atomic E-state index is 5.95. The lowest BCUT2D eigenvalue weighted by Crippen LogP contribution is -2.41. The molecule has 1 saturated carbocycles. The van der Waals surface area contributed by atoms with Gasteiger partial charge in [-0.25, -0.2) is 9.97 Å². The van der Waals surface area contributed by atoms with Gasteiger partial charge in [0, 0.05) is 31.4 Å². The minimum atomic E-state index is 0.521. The SMILES string of the molecule is Clc1cc(N(C2CCOCC2)C2CC2)ncn1. The zero-order valence-corrected chi connectivity index (χ0v) is 10.4. The summed E-state index contributed by atoms with van der Waals surface area (Å²) in [6, 6.07) is 3.06. The summed E-state index contributed by atoms with van der Waals surface area (Å²) in [7, 11) is 0. The molecule has 0 aromatic carbocycles. The van der Waals surface area contributed by atoms with Crippen LogP contribution in [-0.2, 0) is 4.74 Å². The van der Waals surface area contributed by atoms with Crippen LogP contribution < -0.4 is 4.90 Å². The van der Waals surface area contributed by atoms with Gasteiger partial charge in [0.05, 0.1) is 0 Å². The molecular formula is C12H16ClN3O. The van der Waals surface area contributed by atoms with Crippen molar-refractivity contribution in [1.82, 2.24) is 9.97 Å². The Hall–Kier alpha value is -0.870. The molecule has 1 saturated heterocycles. The summed E-state index contributed by atoms with van der Waals surface area (Å²) in [4.78, 5) is 10.7. The zero-order chi connectivity index (χ0) is 11.7. The van der Waals surface area contributed by atoms with E-state index in [1.165, 1.54) is 12.8 Å². The first kappa shape index (κ1) is 11.2. The lowest BCUT2D eigenvalue weighted by atomic mass is 10.1. The molecule has 1 aliphatic carbocycles. The molecule has 4 nitrogen and oxygen atoms in total. The second kappa shape index (κ2) is 4.78. The molecule has 2 fully saturated rings. The van der Waals surface area contributed by atoms with Gasteiger partial charge in [-0.1, -0.05) is 11.6 Å². The quantitative estimate of drug-likeness (QED) is 0.775. The van der Waals surface area contributed by atoms with E-state index in [0.717, 1.165) is 31.9 Å². The molecule has 1 aromatic heterocycles. The van der Waals surface area contributed by atoms with Crippen LogP contribution in [0.4, 0.5) is 5.82 Å². The molecule has 0 bridgehead atoms. The van der Waals surface area contributed by atoms with E-state index in [2.05, 4.69) is 14.9 Å². The fraction of sp³-hybridized carbons (Fsp3) is 0.667. The third kappa shape index (κ3) is 2.53. The molecule has 1 aliphatic heterocycles. The van der Waals surface area contributed by atoms with E-state index >= 15 is 0 Å². The van der Waals surface area contributed by atoms with Gasteiger partial charge in [0.2, 0.25) is 0 Å². The highest BCUT2D eigenvalue weighted by molar-refractivity contribution is 6.29. The Bertz CT molecular complexity index is 391. The molecule has 0 radical (unpaired) electrons. The first-order chi connectivity index (χ1) is 8.34. The number of aromatic nitrogens is 2. The van der Waals surface area contributed by atoms with Crippen molar-refractivity contribution in [3.63, 3.8) is 0 Å². The third-order valence-corrected chi connectivity index (χ3v) is 3.61. The van der Waals surface area contributed by atoms with E-state index in [1.54, 1.807) is 6.33 Å². The van der Waals surface area contributed by atoms with Crippen LogP contribution in [0.15, 0.2) is 12.4 Å². The topological polar surface area (TPSA) is 38.2 Å². The third-order valence-electron chi connectivity index (χ3n) is 3.41. The van der Waals surface area contributed by atoms with E-state index in [-0.39, 0.29) is 0 Å². The molecule has 2 heterocycles. The highest BCUT2D eigenvalue weighted by atomic mass is 35.5. The second-order valence-corrected chi connectivity index (χ2v) is 5.07. The predicted molar refractivity (Wildman–Crippen MR) is 66.4 cm³/mol. The molecule has 5 heteroatoms. The first-order valence-electron chi connectivity index (χ1n) is 6.18. The van der Waals surface area contributed by atoms with Gasteiger partial charge < -0.3 is 9.64 Å². The van der Waals surface area contributed by atoms with Crippen LogP contribution in [0.25, 0.3) is 0 Å². The summed E-state index contributed by atoms with van der Waals surface area (Å²) in [5.74, 6) is 0.972. The average Bonchev–Trinajstić information content (AvgIpc) is 3.15. The van der Waals surface area contributed by atoms with Gasteiger partial charge in [-0.3, -0.25) is 0 Å². The maximum Gasteiger partial charge on any atom is 0.134 e. The summed E-state index contributed by atoms with van der Waals surface area (Å²) < 4.78 is 5.42. The Kier molecular flexibility index (Phi) is 3.16. The van der Waals surface area contributed by atoms with Gasteiger partial charge in [0.25, 0.3) is 0 Å². The van der Waals surface area contributed by atoms with Crippen LogP contribution in [0.1, 0.15) is 25.7 Å². The summed E-state index contributed by atoms with van der Waals surface area (Å²) in [5, 5.41) is 0.521. The Morgan fingerprint density at radius 1 is 1.12 bits per heavy atom. The molecule has 92 valence electrons. The van der Waals surface area contributed by atoms with Crippen LogP contribution in [0.5, 0.6) is 0 Å². The van der Waals surface area contributed by atoms with Crippen molar-refractivity contribution in [3.05, 3.63) is 17.5 Å². The van der Waals surface area contributed by atoms with Crippen molar-refractivity contribution in [2.45, 2.75) is 37.8 Å². The Labute approximate surface area is 106 Å². The number of hydrogen-bond acceptors (Lipinski definition) is 4. The predicted octanol–water partition coefficient (Wildman–Crippen LogP) is 2.28. The molecule has 0 atom stereocenters. The van der Waals surface area contributed by atoms with Crippen molar-refractivity contribution in [2.75, 3.05) is 18.1 Å². The lowest BCUT2D eigenvalue weighted by molar-refractivity contribution is 0.0839. The Morgan fingerprint density at radius 3 is 2.47 bits per heavy atom. The van der Waals surface area contributed by atoms with Crippen molar-refractivity contribution < 1.29 is 4.74 Å². The van der Waals surface area contributed by atoms with Gasteiger partial charge in [-0.05, 0) is 25.7 Å². The van der Waals surface area contributed by atoms with E-state index in [4.69, 9.17) is 16.3 Å². The van der Waals surface area contributed by atoms with Crippen molar-refractivity contribution in [1.29, 1.82) is 0 Å². The van der Waals surface area contributed by atoms with E-state index in [1.807, 2.05) is 6.07 Å². The summed E-state index contributed by atoms with van der Waals surface area (Å²) in [5.41, 5.74) is 0. The summed E-state index contributed by atoms with van der Waals surface area (Å²) in [6.07, 6.45) is 6.24. The van der Waals surface area contributed by atoms with Crippen LogP contribution in [0.2, 0.25) is 5.15 Å². The van der Waals surface area contributed by atoms with Crippen molar-refractivity contribution in [2.24, 2.45) is 0 Å². The van der Waals surface area contributed by atoms with Gasteiger partial charge in [0.1, 0.15) is 17.3 Å². The molecule has 1 aromatic rings. The standard InChI is InChI=1S/C12H16ClN3O/c13-11-7-12(15-8-14-11)16(9-1-2-9)10-3-5-17-6-4-10/h7-10H,1-6H2. The number of halogens is 1. The Balaban J connectivity index is 1.83. The molecule has 0 unspecified atom stereocenters. The average molecular weight is 254 g/mol. The second-order valence-electron chi connectivity index (χ2n) is 4.68. The monoisotopic (exact) mass is 253 g/mol. The lowest BCUT2D eigenvalue weighted by Gasteiger charge is -2.35. The number of rotatable bonds is 3. The maximum absolute atomic E-state index is 5.95. The zero-order valence-electron chi connectivity index (χ0n) is 9.68. The van der Waals surface area contributed by atoms with Crippen LogP contribution in [0.3, 0.4) is 0 Å². The molecule has 0 spiro atoms. The summed E-state index contributed by atoms with van der Waals surface area (Å²) in [6.45, 7) is 1.71. The highest BCUT2D eigenvalue weighted by Gasteiger charge is 2.35. The van der Waals surface area contributed by atoms with Crippen molar-refractivity contribution >= 4 is 17.4 Å². The largest absolute Gasteiger partial charge is 0.381 e. The van der Waals surface area contributed by atoms with Gasteiger partial charge >= 0.3 is 0 Å². The van der Waals surface area contributed by atoms with Gasteiger partial charge in [-0.15, -0.1) is 0 Å². The van der Waals surface area contributed by atoms with E-state index in [9.17, 15) is 0 Å². The number of nitrogens with zero attached hydrogens (tertiary/aromatic N) is 3. The van der Waals surface area contributed by atoms with E-state index < -0.39 is 0 Å². The normalized spacial score (nSPS) is 21.5. The molecule has 3 rings (SSSR count). The smallest absolute Gasteiger partial charge is 0.134 e. The summed E-state index contributed by atoms with van der Waals surface area (Å²) >= 11 is 5.95. The molecule has 2 aliphatic rings. The number of ether oxygens (including phenoxy) is 1. The number of anilines is 1. The molecule has 17 heavy (non-hydrogen) atoms. The van der Waals surface area contributed by atoms with Gasteiger partial charge in [-0.2, -0.15) is 0 Å². The first-order valence-corrected chi connectivity index (χ1v) is 6.56. The minimum Gasteiger partial charge on any atom is -0.381 e. The van der Waals surface area contributed by atoms with Crippen LogP contribution in [0, 0.1) is 0 Å². The van der Waals surface area contributed by atoms with Crippen molar-refractivity contribution in [3.8, 4) is 0 Å². The Morgan fingerprint density at radius 2 is 1.82 bits per heavy atom. The van der Waals surface area contributed by atoms with Gasteiger partial charge in [0.15, 0.2) is 0 Å².